The number of para-hydroxylation sites is 1. The number of hydrogen-bond acceptors (Lipinski definition) is 5. The van der Waals surface area contributed by atoms with Gasteiger partial charge in [-0.05, 0) is 37.6 Å². The fourth-order valence-electron chi connectivity index (χ4n) is 1.92. The number of carbonyl (C=O) groups excluding carboxylic acids is 1. The van der Waals surface area contributed by atoms with Crippen LogP contribution < -0.4 is 5.43 Å². The van der Waals surface area contributed by atoms with Crippen LogP contribution in [0.2, 0.25) is 0 Å². The molecule has 0 atom stereocenters. The molecular formula is C16H16N2O4. The molecule has 6 heteroatoms. The molecule has 6 nitrogen and oxygen atoms in total. The molecule has 0 fully saturated rings. The van der Waals surface area contributed by atoms with E-state index in [1.54, 1.807) is 26.0 Å². The second-order valence-electron chi connectivity index (χ2n) is 4.81. The molecule has 2 aromatic carbocycles. The first-order valence-electron chi connectivity index (χ1n) is 6.55. The van der Waals surface area contributed by atoms with E-state index in [0.29, 0.717) is 16.8 Å². The van der Waals surface area contributed by atoms with Gasteiger partial charge in [-0.15, -0.1) is 0 Å². The molecule has 1 amide bonds. The van der Waals surface area contributed by atoms with E-state index in [-0.39, 0.29) is 22.8 Å². The SMILES string of the molecule is CC(=NNC(=O)c1cccc(C)c1O)c1ccc(O)cc1O. The van der Waals surface area contributed by atoms with Crippen LogP contribution in [0.4, 0.5) is 0 Å². The molecule has 114 valence electrons. The summed E-state index contributed by atoms with van der Waals surface area (Å²) in [7, 11) is 0. The van der Waals surface area contributed by atoms with Gasteiger partial charge in [0.05, 0.1) is 11.3 Å². The minimum absolute atomic E-state index is 0.0669. The lowest BCUT2D eigenvalue weighted by Crippen LogP contribution is -2.19. The Morgan fingerprint density at radius 1 is 1.09 bits per heavy atom. The smallest absolute Gasteiger partial charge is 0.275 e. The molecule has 0 spiro atoms. The van der Waals surface area contributed by atoms with Crippen molar-refractivity contribution >= 4 is 11.6 Å². The second kappa shape index (κ2) is 6.17. The number of rotatable bonds is 3. The highest BCUT2D eigenvalue weighted by molar-refractivity contribution is 6.03. The summed E-state index contributed by atoms with van der Waals surface area (Å²) < 4.78 is 0. The first kappa shape index (κ1) is 15.4. The molecule has 2 aromatic rings. The lowest BCUT2D eigenvalue weighted by molar-refractivity contribution is 0.0952. The van der Waals surface area contributed by atoms with Gasteiger partial charge >= 0.3 is 0 Å². The summed E-state index contributed by atoms with van der Waals surface area (Å²) in [5, 5.41) is 32.7. The average Bonchev–Trinajstić information content (AvgIpc) is 2.47. The van der Waals surface area contributed by atoms with Crippen molar-refractivity contribution < 1.29 is 20.1 Å². The molecule has 0 radical (unpaired) electrons. The third kappa shape index (κ3) is 3.17. The topological polar surface area (TPSA) is 102 Å². The van der Waals surface area contributed by atoms with Gasteiger partial charge in [0.2, 0.25) is 0 Å². The van der Waals surface area contributed by atoms with Crippen LogP contribution in [0.5, 0.6) is 17.2 Å². The van der Waals surface area contributed by atoms with Crippen molar-refractivity contribution in [1.29, 1.82) is 0 Å². The number of aromatic hydroxyl groups is 3. The molecular weight excluding hydrogens is 284 g/mol. The molecule has 4 N–H and O–H groups in total. The highest BCUT2D eigenvalue weighted by atomic mass is 16.3. The Balaban J connectivity index is 2.20. The molecule has 0 saturated heterocycles. The zero-order valence-corrected chi connectivity index (χ0v) is 12.2. The van der Waals surface area contributed by atoms with Crippen LogP contribution in [-0.4, -0.2) is 26.9 Å². The van der Waals surface area contributed by atoms with Crippen LogP contribution >= 0.6 is 0 Å². The van der Waals surface area contributed by atoms with Gasteiger partial charge in [-0.1, -0.05) is 12.1 Å². The number of amides is 1. The summed E-state index contributed by atoms with van der Waals surface area (Å²) in [4.78, 5) is 12.0. The van der Waals surface area contributed by atoms with Crippen LogP contribution in [0.15, 0.2) is 41.5 Å². The Labute approximate surface area is 127 Å². The summed E-state index contributed by atoms with van der Waals surface area (Å²) in [6, 6.07) is 8.91. The van der Waals surface area contributed by atoms with Crippen molar-refractivity contribution in [3.63, 3.8) is 0 Å². The highest BCUT2D eigenvalue weighted by Crippen LogP contribution is 2.23. The summed E-state index contributed by atoms with van der Waals surface area (Å²) in [5.74, 6) is -0.865. The minimum Gasteiger partial charge on any atom is -0.508 e. The molecule has 0 aliphatic heterocycles. The normalized spacial score (nSPS) is 11.3. The van der Waals surface area contributed by atoms with Crippen molar-refractivity contribution in [2.24, 2.45) is 5.10 Å². The first-order chi connectivity index (χ1) is 10.4. The number of nitrogens with one attached hydrogen (secondary N) is 1. The van der Waals surface area contributed by atoms with Crippen LogP contribution in [-0.2, 0) is 0 Å². The number of hydrogen-bond donors (Lipinski definition) is 4. The average molecular weight is 300 g/mol. The van der Waals surface area contributed by atoms with E-state index in [2.05, 4.69) is 10.5 Å². The lowest BCUT2D eigenvalue weighted by atomic mass is 10.1. The molecule has 0 bridgehead atoms. The molecule has 0 heterocycles. The van der Waals surface area contributed by atoms with E-state index in [9.17, 15) is 20.1 Å². The maximum Gasteiger partial charge on any atom is 0.275 e. The number of nitrogens with zero attached hydrogens (tertiary/aromatic N) is 1. The van der Waals surface area contributed by atoms with Crippen molar-refractivity contribution in [2.75, 3.05) is 0 Å². The Morgan fingerprint density at radius 2 is 1.82 bits per heavy atom. The lowest BCUT2D eigenvalue weighted by Gasteiger charge is -2.07. The van der Waals surface area contributed by atoms with Gasteiger partial charge in [-0.25, -0.2) is 5.43 Å². The predicted molar refractivity (Wildman–Crippen MR) is 82.3 cm³/mol. The van der Waals surface area contributed by atoms with E-state index >= 15 is 0 Å². The summed E-state index contributed by atoms with van der Waals surface area (Å²) in [6.45, 7) is 3.29. The predicted octanol–water partition coefficient (Wildman–Crippen LogP) is 2.27. The fourth-order valence-corrected chi connectivity index (χ4v) is 1.92. The maximum absolute atomic E-state index is 12.0. The van der Waals surface area contributed by atoms with Crippen LogP contribution in [0.3, 0.4) is 0 Å². The Morgan fingerprint density at radius 3 is 2.50 bits per heavy atom. The molecule has 0 saturated carbocycles. The zero-order valence-electron chi connectivity index (χ0n) is 12.2. The van der Waals surface area contributed by atoms with Gasteiger partial charge in [-0.2, -0.15) is 5.10 Å². The van der Waals surface area contributed by atoms with E-state index in [1.165, 1.54) is 24.3 Å². The quantitative estimate of drug-likeness (QED) is 0.516. The van der Waals surface area contributed by atoms with Gasteiger partial charge < -0.3 is 15.3 Å². The monoisotopic (exact) mass is 300 g/mol. The van der Waals surface area contributed by atoms with Crippen molar-refractivity contribution in [1.82, 2.24) is 5.43 Å². The number of hydrazone groups is 1. The third-order valence-electron chi connectivity index (χ3n) is 3.18. The Hall–Kier alpha value is -3.02. The number of aryl methyl sites for hydroxylation is 1. The van der Waals surface area contributed by atoms with E-state index in [0.717, 1.165) is 0 Å². The molecule has 0 aromatic heterocycles. The molecule has 2 rings (SSSR count). The largest absolute Gasteiger partial charge is 0.508 e. The van der Waals surface area contributed by atoms with Crippen molar-refractivity contribution in [3.8, 4) is 17.2 Å². The second-order valence-corrected chi connectivity index (χ2v) is 4.81. The Bertz CT molecular complexity index is 754. The molecule has 0 aliphatic rings. The third-order valence-corrected chi connectivity index (χ3v) is 3.18. The van der Waals surface area contributed by atoms with Gasteiger partial charge in [0, 0.05) is 11.6 Å². The molecule has 22 heavy (non-hydrogen) atoms. The van der Waals surface area contributed by atoms with E-state index in [4.69, 9.17) is 0 Å². The number of benzene rings is 2. The highest BCUT2D eigenvalue weighted by Gasteiger charge is 2.12. The standard InChI is InChI=1S/C16H16N2O4/c1-9-4-3-5-13(15(9)21)16(22)18-17-10(2)12-7-6-11(19)8-14(12)20/h3-8,19-21H,1-2H3,(H,18,22). The molecule has 0 unspecified atom stereocenters. The first-order valence-corrected chi connectivity index (χ1v) is 6.55. The number of phenolic OH excluding ortho intramolecular Hbond substituents is 3. The van der Waals surface area contributed by atoms with Gasteiger partial charge in [0.1, 0.15) is 17.2 Å². The number of carbonyl (C=O) groups is 1. The van der Waals surface area contributed by atoms with Crippen molar-refractivity contribution in [2.45, 2.75) is 13.8 Å². The Kier molecular flexibility index (Phi) is 4.31. The maximum atomic E-state index is 12.0. The summed E-state index contributed by atoms with van der Waals surface area (Å²) in [5.41, 5.74) is 3.77. The van der Waals surface area contributed by atoms with Gasteiger partial charge in [0.15, 0.2) is 0 Å². The zero-order chi connectivity index (χ0) is 16.3. The van der Waals surface area contributed by atoms with Crippen LogP contribution in [0.25, 0.3) is 0 Å². The summed E-state index contributed by atoms with van der Waals surface area (Å²) >= 11 is 0. The van der Waals surface area contributed by atoms with Gasteiger partial charge in [0.25, 0.3) is 5.91 Å². The van der Waals surface area contributed by atoms with E-state index in [1.807, 2.05) is 0 Å². The summed E-state index contributed by atoms with van der Waals surface area (Å²) in [6.07, 6.45) is 0. The molecule has 0 aliphatic carbocycles. The van der Waals surface area contributed by atoms with E-state index < -0.39 is 5.91 Å². The minimum atomic E-state index is -0.557. The fraction of sp³-hybridized carbons (Fsp3) is 0.125. The van der Waals surface area contributed by atoms with Crippen LogP contribution in [0, 0.1) is 6.92 Å². The number of phenols is 3. The van der Waals surface area contributed by atoms with Crippen LogP contribution in [0.1, 0.15) is 28.4 Å². The van der Waals surface area contributed by atoms with Gasteiger partial charge in [-0.3, -0.25) is 4.79 Å². The van der Waals surface area contributed by atoms with Crippen molar-refractivity contribution in [3.05, 3.63) is 53.1 Å².